The topological polar surface area (TPSA) is 119 Å². The summed E-state index contributed by atoms with van der Waals surface area (Å²) >= 11 is 0. The van der Waals surface area contributed by atoms with Crippen LogP contribution in [0.25, 0.3) is 0 Å². The van der Waals surface area contributed by atoms with E-state index in [1.165, 1.54) is 12.1 Å². The van der Waals surface area contributed by atoms with Crippen molar-refractivity contribution < 1.29 is 24.2 Å². The van der Waals surface area contributed by atoms with Crippen LogP contribution >= 0.6 is 0 Å². The molecule has 4 N–H and O–H groups in total. The van der Waals surface area contributed by atoms with Crippen LogP contribution < -0.4 is 15.8 Å². The molecule has 0 heterocycles. The maximum Gasteiger partial charge on any atom is 0.326 e. The molecule has 114 valence electrons. The highest BCUT2D eigenvalue weighted by Gasteiger charge is 2.22. The first-order valence-corrected chi connectivity index (χ1v) is 6.49. The van der Waals surface area contributed by atoms with Crippen LogP contribution in [0.15, 0.2) is 24.3 Å². The number of carboxylic acid groups (broad SMARTS) is 1. The molecule has 2 amide bonds. The van der Waals surface area contributed by atoms with Gasteiger partial charge in [0.25, 0.3) is 5.91 Å². The third kappa shape index (κ3) is 5.52. The molecule has 0 radical (unpaired) electrons. The Morgan fingerprint density at radius 2 is 1.90 bits per heavy atom. The molecule has 7 nitrogen and oxygen atoms in total. The minimum Gasteiger partial charge on any atom is -0.494 e. The zero-order chi connectivity index (χ0) is 15.8. The van der Waals surface area contributed by atoms with E-state index in [-0.39, 0.29) is 5.56 Å². The lowest BCUT2D eigenvalue weighted by molar-refractivity contribution is -0.140. The van der Waals surface area contributed by atoms with E-state index in [1.807, 2.05) is 6.92 Å². The highest BCUT2D eigenvalue weighted by atomic mass is 16.5. The first kappa shape index (κ1) is 16.5. The van der Waals surface area contributed by atoms with Crippen LogP contribution in [-0.2, 0) is 9.59 Å². The highest BCUT2D eigenvalue weighted by molar-refractivity contribution is 5.97. The highest BCUT2D eigenvalue weighted by Crippen LogP contribution is 2.12. The summed E-state index contributed by atoms with van der Waals surface area (Å²) in [4.78, 5) is 33.6. The minimum absolute atomic E-state index is 0.273. The average Bonchev–Trinajstić information content (AvgIpc) is 2.44. The van der Waals surface area contributed by atoms with Crippen molar-refractivity contribution in [2.45, 2.75) is 25.8 Å². The van der Waals surface area contributed by atoms with Crippen molar-refractivity contribution in [3.8, 4) is 5.75 Å². The number of carboxylic acids is 1. The number of nitrogens with two attached hydrogens (primary N) is 1. The van der Waals surface area contributed by atoms with Gasteiger partial charge in [-0.3, -0.25) is 9.59 Å². The van der Waals surface area contributed by atoms with E-state index in [1.54, 1.807) is 12.1 Å². The van der Waals surface area contributed by atoms with Gasteiger partial charge in [-0.1, -0.05) is 6.92 Å². The fourth-order valence-corrected chi connectivity index (χ4v) is 1.57. The molecule has 1 rings (SSSR count). The first-order chi connectivity index (χ1) is 9.93. The molecule has 7 heteroatoms. The molecule has 0 bridgehead atoms. The molecule has 0 saturated heterocycles. The standard InChI is InChI=1S/C14H18N2O5/c1-2-7-21-10-5-3-9(4-6-10)13(18)16-11(14(19)20)8-12(15)17/h3-6,11H,2,7-8H2,1H3,(H2,15,17)(H,16,18)(H,19,20)/t11-/m1/s1. The summed E-state index contributed by atoms with van der Waals surface area (Å²) in [7, 11) is 0. The second-order valence-corrected chi connectivity index (χ2v) is 4.41. The SMILES string of the molecule is CCCOc1ccc(C(=O)N[C@H](CC(N)=O)C(=O)O)cc1. The Labute approximate surface area is 122 Å². The fraction of sp³-hybridized carbons (Fsp3) is 0.357. The fourth-order valence-electron chi connectivity index (χ4n) is 1.57. The molecular weight excluding hydrogens is 276 g/mol. The van der Waals surface area contributed by atoms with Gasteiger partial charge in [0.1, 0.15) is 11.8 Å². The third-order valence-electron chi connectivity index (χ3n) is 2.60. The number of hydrogen-bond acceptors (Lipinski definition) is 4. The van der Waals surface area contributed by atoms with E-state index < -0.39 is 30.2 Å². The summed E-state index contributed by atoms with van der Waals surface area (Å²) in [6, 6.07) is 4.93. The van der Waals surface area contributed by atoms with Crippen LogP contribution in [0.1, 0.15) is 30.1 Å². The summed E-state index contributed by atoms with van der Waals surface area (Å²) in [5, 5.41) is 11.2. The van der Waals surface area contributed by atoms with Crippen LogP contribution in [-0.4, -0.2) is 35.5 Å². The van der Waals surface area contributed by atoms with Gasteiger partial charge in [0, 0.05) is 5.56 Å². The average molecular weight is 294 g/mol. The molecule has 1 atom stereocenters. The predicted octanol–water partition coefficient (Wildman–Crippen LogP) is 0.534. The smallest absolute Gasteiger partial charge is 0.326 e. The van der Waals surface area contributed by atoms with Gasteiger partial charge in [0.05, 0.1) is 13.0 Å². The van der Waals surface area contributed by atoms with Crippen molar-refractivity contribution in [1.82, 2.24) is 5.32 Å². The number of carbonyl (C=O) groups excluding carboxylic acids is 2. The summed E-state index contributed by atoms with van der Waals surface area (Å²) in [6.07, 6.45) is 0.411. The lowest BCUT2D eigenvalue weighted by Crippen LogP contribution is -2.43. The van der Waals surface area contributed by atoms with Crippen molar-refractivity contribution in [2.24, 2.45) is 5.73 Å². The monoisotopic (exact) mass is 294 g/mol. The molecule has 0 aliphatic carbocycles. The van der Waals surface area contributed by atoms with Crippen LogP contribution in [0.5, 0.6) is 5.75 Å². The molecule has 0 aliphatic heterocycles. The molecule has 1 aromatic carbocycles. The summed E-state index contributed by atoms with van der Waals surface area (Å²) in [5.74, 6) is -2.08. The maximum absolute atomic E-state index is 11.9. The maximum atomic E-state index is 11.9. The Morgan fingerprint density at radius 3 is 2.38 bits per heavy atom. The minimum atomic E-state index is -1.34. The quantitative estimate of drug-likeness (QED) is 0.646. The molecule has 0 aromatic heterocycles. The van der Waals surface area contributed by atoms with E-state index in [0.29, 0.717) is 12.4 Å². The summed E-state index contributed by atoms with van der Waals surface area (Å²) in [6.45, 7) is 2.55. The van der Waals surface area contributed by atoms with Gasteiger partial charge in [0.15, 0.2) is 0 Å². The number of hydrogen-bond donors (Lipinski definition) is 3. The largest absolute Gasteiger partial charge is 0.494 e. The number of aliphatic carboxylic acids is 1. The molecule has 0 unspecified atom stereocenters. The van der Waals surface area contributed by atoms with Crippen LogP contribution in [0.3, 0.4) is 0 Å². The molecule has 0 saturated carbocycles. The molecule has 21 heavy (non-hydrogen) atoms. The Hall–Kier alpha value is -2.57. The Kier molecular flexibility index (Phi) is 6.19. The number of rotatable bonds is 8. The first-order valence-electron chi connectivity index (χ1n) is 6.49. The van der Waals surface area contributed by atoms with Gasteiger partial charge >= 0.3 is 5.97 Å². The van der Waals surface area contributed by atoms with Crippen LogP contribution in [0.4, 0.5) is 0 Å². The van der Waals surface area contributed by atoms with E-state index >= 15 is 0 Å². The van der Waals surface area contributed by atoms with E-state index in [2.05, 4.69) is 5.32 Å². The zero-order valence-electron chi connectivity index (χ0n) is 11.7. The Balaban J connectivity index is 2.69. The van der Waals surface area contributed by atoms with Crippen molar-refractivity contribution in [3.63, 3.8) is 0 Å². The van der Waals surface area contributed by atoms with Crippen molar-refractivity contribution in [3.05, 3.63) is 29.8 Å². The molecule has 1 aromatic rings. The Bertz CT molecular complexity index is 513. The number of amides is 2. The van der Waals surface area contributed by atoms with Gasteiger partial charge in [0.2, 0.25) is 5.91 Å². The molecule has 0 aliphatic rings. The van der Waals surface area contributed by atoms with Gasteiger partial charge in [-0.05, 0) is 30.7 Å². The van der Waals surface area contributed by atoms with Crippen molar-refractivity contribution >= 4 is 17.8 Å². The number of primary amides is 1. The molecule has 0 spiro atoms. The number of ether oxygens (including phenoxy) is 1. The lowest BCUT2D eigenvalue weighted by Gasteiger charge is -2.13. The van der Waals surface area contributed by atoms with Crippen molar-refractivity contribution in [1.29, 1.82) is 0 Å². The van der Waals surface area contributed by atoms with Crippen molar-refractivity contribution in [2.75, 3.05) is 6.61 Å². The van der Waals surface area contributed by atoms with Gasteiger partial charge in [-0.15, -0.1) is 0 Å². The number of benzene rings is 1. The second kappa shape index (κ2) is 7.88. The van der Waals surface area contributed by atoms with Gasteiger partial charge < -0.3 is 20.9 Å². The summed E-state index contributed by atoms with van der Waals surface area (Å²) < 4.78 is 5.37. The molecular formula is C14H18N2O5. The van der Waals surface area contributed by atoms with Gasteiger partial charge in [-0.2, -0.15) is 0 Å². The third-order valence-corrected chi connectivity index (χ3v) is 2.60. The number of carbonyl (C=O) groups is 3. The predicted molar refractivity (Wildman–Crippen MR) is 74.9 cm³/mol. The lowest BCUT2D eigenvalue weighted by atomic mass is 10.1. The summed E-state index contributed by atoms with van der Waals surface area (Å²) in [5.41, 5.74) is 5.21. The van der Waals surface area contributed by atoms with Gasteiger partial charge in [-0.25, -0.2) is 4.79 Å². The second-order valence-electron chi connectivity index (χ2n) is 4.41. The molecule has 0 fully saturated rings. The van der Waals surface area contributed by atoms with E-state index in [9.17, 15) is 14.4 Å². The van der Waals surface area contributed by atoms with E-state index in [0.717, 1.165) is 6.42 Å². The van der Waals surface area contributed by atoms with E-state index in [4.69, 9.17) is 15.6 Å². The van der Waals surface area contributed by atoms with Crippen LogP contribution in [0.2, 0.25) is 0 Å². The Morgan fingerprint density at radius 1 is 1.29 bits per heavy atom. The van der Waals surface area contributed by atoms with Crippen LogP contribution in [0, 0.1) is 0 Å². The normalized spacial score (nSPS) is 11.5. The zero-order valence-corrected chi connectivity index (χ0v) is 11.7. The number of nitrogens with one attached hydrogen (secondary N) is 1.